The molecule has 1 unspecified atom stereocenters. The molecule has 0 radical (unpaired) electrons. The number of rotatable bonds is 6. The summed E-state index contributed by atoms with van der Waals surface area (Å²) in [6.45, 7) is 5.14. The zero-order chi connectivity index (χ0) is 13.9. The van der Waals surface area contributed by atoms with Gasteiger partial charge in [-0.1, -0.05) is 0 Å². The van der Waals surface area contributed by atoms with Crippen LogP contribution >= 0.6 is 0 Å². The molecule has 108 valence electrons. The van der Waals surface area contributed by atoms with E-state index in [2.05, 4.69) is 22.5 Å². The van der Waals surface area contributed by atoms with Gasteiger partial charge in [0.15, 0.2) is 0 Å². The fraction of sp³-hybridized carbons (Fsp3) is 0.846. The minimum absolute atomic E-state index is 0.228. The number of likely N-dealkylation sites (tertiary alicyclic amines) is 1. The fourth-order valence-electron chi connectivity index (χ4n) is 2.48. The summed E-state index contributed by atoms with van der Waals surface area (Å²) in [4.78, 5) is 24.9. The van der Waals surface area contributed by atoms with Crippen molar-refractivity contribution in [2.24, 2.45) is 5.41 Å². The Kier molecular flexibility index (Phi) is 4.29. The van der Waals surface area contributed by atoms with Crippen molar-refractivity contribution in [1.29, 1.82) is 0 Å². The van der Waals surface area contributed by atoms with Crippen LogP contribution in [-0.2, 0) is 4.79 Å². The second-order valence-electron chi connectivity index (χ2n) is 5.74. The van der Waals surface area contributed by atoms with E-state index in [1.165, 1.54) is 12.8 Å². The maximum atomic E-state index is 11.6. The van der Waals surface area contributed by atoms with Crippen molar-refractivity contribution in [3.8, 4) is 0 Å². The molecule has 2 rings (SSSR count). The molecule has 6 heteroatoms. The van der Waals surface area contributed by atoms with E-state index >= 15 is 0 Å². The number of carboxylic acid groups (broad SMARTS) is 1. The van der Waals surface area contributed by atoms with Crippen LogP contribution in [0.2, 0.25) is 0 Å². The number of nitrogens with zero attached hydrogens (tertiary/aromatic N) is 1. The molecule has 2 amide bonds. The number of nitrogens with one attached hydrogen (secondary N) is 2. The summed E-state index contributed by atoms with van der Waals surface area (Å²) >= 11 is 0. The molecule has 1 aliphatic heterocycles. The van der Waals surface area contributed by atoms with E-state index in [4.69, 9.17) is 5.11 Å². The van der Waals surface area contributed by atoms with Gasteiger partial charge in [-0.2, -0.15) is 0 Å². The average molecular weight is 269 g/mol. The molecule has 2 fully saturated rings. The van der Waals surface area contributed by atoms with Crippen molar-refractivity contribution in [3.05, 3.63) is 0 Å². The van der Waals surface area contributed by atoms with E-state index in [1.54, 1.807) is 0 Å². The first-order chi connectivity index (χ1) is 9.03. The molecule has 1 saturated heterocycles. The number of hydrogen-bond acceptors (Lipinski definition) is 3. The molecule has 3 N–H and O–H groups in total. The monoisotopic (exact) mass is 269 g/mol. The van der Waals surface area contributed by atoms with Gasteiger partial charge in [-0.3, -0.25) is 9.69 Å². The maximum absolute atomic E-state index is 11.6. The van der Waals surface area contributed by atoms with E-state index in [0.717, 1.165) is 13.1 Å². The first-order valence-corrected chi connectivity index (χ1v) is 7.03. The van der Waals surface area contributed by atoms with Crippen LogP contribution in [0, 0.1) is 5.41 Å². The number of aliphatic carboxylic acids is 1. The highest BCUT2D eigenvalue weighted by atomic mass is 16.4. The van der Waals surface area contributed by atoms with Gasteiger partial charge >= 0.3 is 12.0 Å². The molecule has 1 saturated carbocycles. The number of carboxylic acids is 1. The van der Waals surface area contributed by atoms with Gasteiger partial charge in [0.2, 0.25) is 0 Å². The Labute approximate surface area is 113 Å². The summed E-state index contributed by atoms with van der Waals surface area (Å²) in [6.07, 6.45) is 3.79. The van der Waals surface area contributed by atoms with Crippen molar-refractivity contribution in [2.45, 2.75) is 38.6 Å². The lowest BCUT2D eigenvalue weighted by molar-refractivity contribution is -0.143. The number of urea groups is 1. The standard InChI is InChI=1S/C13H23N3O3/c1-10(16-6-2-3-7-16)8-14-12(19)15-9-13(4-5-13)11(17)18/h10H,2-9H2,1H3,(H,17,18)(H2,14,15,19). The maximum Gasteiger partial charge on any atom is 0.314 e. The van der Waals surface area contributed by atoms with Gasteiger partial charge in [0, 0.05) is 19.1 Å². The summed E-state index contributed by atoms with van der Waals surface area (Å²) in [7, 11) is 0. The Bertz CT molecular complexity index is 349. The van der Waals surface area contributed by atoms with E-state index in [0.29, 0.717) is 25.4 Å². The van der Waals surface area contributed by atoms with E-state index in [1.807, 2.05) is 0 Å². The van der Waals surface area contributed by atoms with Crippen LogP contribution in [0.15, 0.2) is 0 Å². The van der Waals surface area contributed by atoms with Gasteiger partial charge in [-0.25, -0.2) is 4.79 Å². The molecule has 19 heavy (non-hydrogen) atoms. The molecule has 0 aromatic carbocycles. The lowest BCUT2D eigenvalue weighted by Crippen LogP contribution is -2.46. The largest absolute Gasteiger partial charge is 0.481 e. The molecule has 0 aromatic heterocycles. The van der Waals surface area contributed by atoms with Crippen molar-refractivity contribution in [2.75, 3.05) is 26.2 Å². The van der Waals surface area contributed by atoms with Crippen molar-refractivity contribution in [3.63, 3.8) is 0 Å². The van der Waals surface area contributed by atoms with Gasteiger partial charge in [0.05, 0.1) is 5.41 Å². The molecule has 0 aromatic rings. The molecule has 1 aliphatic carbocycles. The van der Waals surface area contributed by atoms with Crippen molar-refractivity contribution < 1.29 is 14.7 Å². The minimum Gasteiger partial charge on any atom is -0.481 e. The van der Waals surface area contributed by atoms with E-state index in [-0.39, 0.29) is 12.6 Å². The third-order valence-corrected chi connectivity index (χ3v) is 4.22. The highest BCUT2D eigenvalue weighted by Crippen LogP contribution is 2.45. The van der Waals surface area contributed by atoms with Crippen molar-refractivity contribution in [1.82, 2.24) is 15.5 Å². The number of carbonyl (C=O) groups excluding carboxylic acids is 1. The van der Waals surface area contributed by atoms with Crippen LogP contribution in [0.5, 0.6) is 0 Å². The zero-order valence-electron chi connectivity index (χ0n) is 11.4. The lowest BCUT2D eigenvalue weighted by atomic mass is 10.1. The lowest BCUT2D eigenvalue weighted by Gasteiger charge is -2.24. The van der Waals surface area contributed by atoms with Crippen LogP contribution in [-0.4, -0.2) is 54.2 Å². The third kappa shape index (κ3) is 3.59. The smallest absolute Gasteiger partial charge is 0.314 e. The topological polar surface area (TPSA) is 81.7 Å². The zero-order valence-corrected chi connectivity index (χ0v) is 11.4. The van der Waals surface area contributed by atoms with Crippen LogP contribution in [0.3, 0.4) is 0 Å². The van der Waals surface area contributed by atoms with Crippen molar-refractivity contribution >= 4 is 12.0 Å². The third-order valence-electron chi connectivity index (χ3n) is 4.22. The molecule has 2 aliphatic rings. The highest BCUT2D eigenvalue weighted by molar-refractivity contribution is 5.80. The summed E-state index contributed by atoms with van der Waals surface area (Å²) in [5.74, 6) is -0.807. The summed E-state index contributed by atoms with van der Waals surface area (Å²) in [5.41, 5.74) is -0.697. The van der Waals surface area contributed by atoms with Crippen LogP contribution < -0.4 is 10.6 Å². The van der Waals surface area contributed by atoms with Gasteiger partial charge in [0.25, 0.3) is 0 Å². The van der Waals surface area contributed by atoms with E-state index in [9.17, 15) is 9.59 Å². The predicted octanol–water partition coefficient (Wildman–Crippen LogP) is 0.635. The van der Waals surface area contributed by atoms with E-state index < -0.39 is 11.4 Å². The van der Waals surface area contributed by atoms with Gasteiger partial charge in [0.1, 0.15) is 0 Å². The molecule has 1 atom stereocenters. The molecular weight excluding hydrogens is 246 g/mol. The number of carbonyl (C=O) groups is 2. The first kappa shape index (κ1) is 14.1. The summed E-state index contributed by atoms with van der Waals surface area (Å²) < 4.78 is 0. The van der Waals surface area contributed by atoms with Crippen LogP contribution in [0.1, 0.15) is 32.6 Å². The molecule has 0 spiro atoms. The van der Waals surface area contributed by atoms with Crippen LogP contribution in [0.25, 0.3) is 0 Å². The quantitative estimate of drug-likeness (QED) is 0.661. The van der Waals surface area contributed by atoms with Gasteiger partial charge in [-0.05, 0) is 45.7 Å². The molecule has 6 nitrogen and oxygen atoms in total. The minimum atomic E-state index is -0.807. The van der Waals surface area contributed by atoms with Gasteiger partial charge < -0.3 is 15.7 Å². The molecule has 0 bridgehead atoms. The first-order valence-electron chi connectivity index (χ1n) is 7.03. The fourth-order valence-corrected chi connectivity index (χ4v) is 2.48. The predicted molar refractivity (Wildman–Crippen MR) is 71.0 cm³/mol. The Morgan fingerprint density at radius 2 is 1.89 bits per heavy atom. The SMILES string of the molecule is CC(CNC(=O)NCC1(C(=O)O)CC1)N1CCCC1. The average Bonchev–Trinajstić information content (AvgIpc) is 2.99. The summed E-state index contributed by atoms with van der Waals surface area (Å²) in [5, 5.41) is 14.5. The Balaban J connectivity index is 1.63. The second kappa shape index (κ2) is 5.77. The normalized spacial score (nSPS) is 22.8. The number of amides is 2. The number of hydrogen-bond donors (Lipinski definition) is 3. The molecule has 1 heterocycles. The summed E-state index contributed by atoms with van der Waals surface area (Å²) in [6, 6.07) is 0.0705. The Morgan fingerprint density at radius 1 is 1.26 bits per heavy atom. The van der Waals surface area contributed by atoms with Crippen LogP contribution in [0.4, 0.5) is 4.79 Å². The Hall–Kier alpha value is -1.30. The second-order valence-corrected chi connectivity index (χ2v) is 5.74. The highest BCUT2D eigenvalue weighted by Gasteiger charge is 2.50. The molecular formula is C13H23N3O3. The van der Waals surface area contributed by atoms with Gasteiger partial charge in [-0.15, -0.1) is 0 Å². The Morgan fingerprint density at radius 3 is 2.42 bits per heavy atom.